The number of piperidine rings is 1. The standard InChI is InChI=1S/C18H28N4O2/c1-5-14-11-16(20-13(4)19-14)21-18(24)15(10-12(2)3)22-9-7-6-8-17(22)23/h11-12,15H,5-10H2,1-4H3,(H,19,20,21,24). The molecule has 2 heterocycles. The molecule has 1 aromatic rings. The lowest BCUT2D eigenvalue weighted by molar-refractivity contribution is -0.141. The summed E-state index contributed by atoms with van der Waals surface area (Å²) in [5.74, 6) is 1.41. The average Bonchev–Trinajstić information content (AvgIpc) is 2.52. The Balaban J connectivity index is 2.18. The van der Waals surface area contributed by atoms with E-state index in [2.05, 4.69) is 29.1 Å². The van der Waals surface area contributed by atoms with Crippen molar-refractivity contribution in [3.05, 3.63) is 17.6 Å². The molecule has 24 heavy (non-hydrogen) atoms. The minimum Gasteiger partial charge on any atom is -0.331 e. The van der Waals surface area contributed by atoms with Gasteiger partial charge in [0, 0.05) is 24.7 Å². The molecule has 6 nitrogen and oxygen atoms in total. The Hall–Kier alpha value is -1.98. The van der Waals surface area contributed by atoms with Crippen molar-refractivity contribution in [3.63, 3.8) is 0 Å². The van der Waals surface area contributed by atoms with Crippen molar-refractivity contribution >= 4 is 17.6 Å². The maximum absolute atomic E-state index is 12.8. The normalized spacial score (nSPS) is 16.4. The minimum absolute atomic E-state index is 0.0789. The highest BCUT2D eigenvalue weighted by atomic mass is 16.2. The molecule has 2 rings (SSSR count). The highest BCUT2D eigenvalue weighted by Crippen LogP contribution is 2.20. The van der Waals surface area contributed by atoms with E-state index in [1.807, 2.05) is 13.8 Å². The first-order valence-corrected chi connectivity index (χ1v) is 8.85. The molecule has 1 atom stereocenters. The van der Waals surface area contributed by atoms with Crippen molar-refractivity contribution in [1.82, 2.24) is 14.9 Å². The molecule has 0 radical (unpaired) electrons. The molecular formula is C18H28N4O2. The number of hydrogen-bond acceptors (Lipinski definition) is 4. The average molecular weight is 332 g/mol. The number of rotatable bonds is 6. The Labute approximate surface area is 144 Å². The zero-order valence-corrected chi connectivity index (χ0v) is 15.1. The van der Waals surface area contributed by atoms with Gasteiger partial charge >= 0.3 is 0 Å². The number of carbonyl (C=O) groups excluding carboxylic acids is 2. The molecule has 132 valence electrons. The second-order valence-electron chi connectivity index (χ2n) is 6.82. The van der Waals surface area contributed by atoms with Gasteiger partial charge in [-0.05, 0) is 38.5 Å². The summed E-state index contributed by atoms with van der Waals surface area (Å²) in [6, 6.07) is 1.37. The summed E-state index contributed by atoms with van der Waals surface area (Å²) in [7, 11) is 0. The summed E-state index contributed by atoms with van der Waals surface area (Å²) in [4.78, 5) is 35.5. The lowest BCUT2D eigenvalue weighted by atomic mass is 9.98. The largest absolute Gasteiger partial charge is 0.331 e. The van der Waals surface area contributed by atoms with Crippen molar-refractivity contribution in [3.8, 4) is 0 Å². The third-order valence-corrected chi connectivity index (χ3v) is 4.24. The van der Waals surface area contributed by atoms with Gasteiger partial charge in [-0.25, -0.2) is 9.97 Å². The fourth-order valence-corrected chi connectivity index (χ4v) is 3.06. The summed E-state index contributed by atoms with van der Waals surface area (Å²) in [5, 5.41) is 2.90. The van der Waals surface area contributed by atoms with E-state index in [9.17, 15) is 9.59 Å². The number of nitrogens with zero attached hydrogens (tertiary/aromatic N) is 3. The molecule has 6 heteroatoms. The van der Waals surface area contributed by atoms with Crippen molar-refractivity contribution in [1.29, 1.82) is 0 Å². The van der Waals surface area contributed by atoms with Gasteiger partial charge in [-0.1, -0.05) is 20.8 Å². The van der Waals surface area contributed by atoms with Crippen LogP contribution in [0.4, 0.5) is 5.82 Å². The van der Waals surface area contributed by atoms with Crippen LogP contribution in [-0.2, 0) is 16.0 Å². The Morgan fingerprint density at radius 1 is 1.33 bits per heavy atom. The van der Waals surface area contributed by atoms with E-state index in [1.54, 1.807) is 11.0 Å². The summed E-state index contributed by atoms with van der Waals surface area (Å²) in [5.41, 5.74) is 0.896. The van der Waals surface area contributed by atoms with Crippen LogP contribution in [0, 0.1) is 12.8 Å². The van der Waals surface area contributed by atoms with Crippen LogP contribution in [0.2, 0.25) is 0 Å². The van der Waals surface area contributed by atoms with Crippen LogP contribution in [-0.4, -0.2) is 39.3 Å². The van der Waals surface area contributed by atoms with E-state index in [1.165, 1.54) is 0 Å². The second kappa shape index (κ2) is 8.22. The number of nitrogens with one attached hydrogen (secondary N) is 1. The third-order valence-electron chi connectivity index (χ3n) is 4.24. The predicted molar refractivity (Wildman–Crippen MR) is 93.6 cm³/mol. The van der Waals surface area contributed by atoms with Crippen LogP contribution in [0.25, 0.3) is 0 Å². The van der Waals surface area contributed by atoms with E-state index in [-0.39, 0.29) is 11.8 Å². The number of anilines is 1. The molecule has 1 fully saturated rings. The molecule has 0 bridgehead atoms. The van der Waals surface area contributed by atoms with Crippen LogP contribution in [0.5, 0.6) is 0 Å². The highest BCUT2D eigenvalue weighted by Gasteiger charge is 2.32. The third kappa shape index (κ3) is 4.76. The molecule has 2 amide bonds. The van der Waals surface area contributed by atoms with Gasteiger partial charge in [-0.2, -0.15) is 0 Å². The first-order chi connectivity index (χ1) is 11.4. The number of aryl methyl sites for hydroxylation is 2. The van der Waals surface area contributed by atoms with Crippen LogP contribution in [0.15, 0.2) is 6.07 Å². The SMILES string of the molecule is CCc1cc(NC(=O)C(CC(C)C)N2CCCCC2=O)nc(C)n1. The van der Waals surface area contributed by atoms with E-state index in [0.717, 1.165) is 25.0 Å². The highest BCUT2D eigenvalue weighted by molar-refractivity contribution is 5.96. The Morgan fingerprint density at radius 3 is 2.71 bits per heavy atom. The van der Waals surface area contributed by atoms with Gasteiger partial charge in [0.25, 0.3) is 0 Å². The van der Waals surface area contributed by atoms with Crippen molar-refractivity contribution in [2.45, 2.75) is 65.8 Å². The smallest absolute Gasteiger partial charge is 0.248 e. The number of hydrogen-bond donors (Lipinski definition) is 1. The minimum atomic E-state index is -0.432. The van der Waals surface area contributed by atoms with E-state index >= 15 is 0 Å². The van der Waals surface area contributed by atoms with Crippen LogP contribution in [0.3, 0.4) is 0 Å². The quantitative estimate of drug-likeness (QED) is 0.869. The second-order valence-corrected chi connectivity index (χ2v) is 6.82. The molecule has 0 spiro atoms. The molecule has 1 aromatic heterocycles. The first kappa shape index (κ1) is 18.4. The zero-order valence-electron chi connectivity index (χ0n) is 15.1. The van der Waals surface area contributed by atoms with Gasteiger partial charge in [0.2, 0.25) is 11.8 Å². The molecule has 1 aliphatic heterocycles. The van der Waals surface area contributed by atoms with Gasteiger partial charge in [-0.3, -0.25) is 9.59 Å². The fourth-order valence-electron chi connectivity index (χ4n) is 3.06. The lowest BCUT2D eigenvalue weighted by Gasteiger charge is -2.34. The summed E-state index contributed by atoms with van der Waals surface area (Å²) >= 11 is 0. The number of aromatic nitrogens is 2. The number of likely N-dealkylation sites (tertiary alicyclic amines) is 1. The molecule has 1 N–H and O–H groups in total. The molecular weight excluding hydrogens is 304 g/mol. The molecule has 1 unspecified atom stereocenters. The maximum atomic E-state index is 12.8. The lowest BCUT2D eigenvalue weighted by Crippen LogP contribution is -2.50. The fraction of sp³-hybridized carbons (Fsp3) is 0.667. The predicted octanol–water partition coefficient (Wildman–Crippen LogP) is 2.71. The van der Waals surface area contributed by atoms with Crippen molar-refractivity contribution in [2.24, 2.45) is 5.92 Å². The molecule has 0 aliphatic carbocycles. The number of amides is 2. The molecule has 0 saturated carbocycles. The maximum Gasteiger partial charge on any atom is 0.248 e. The van der Waals surface area contributed by atoms with Crippen molar-refractivity contribution in [2.75, 3.05) is 11.9 Å². The Morgan fingerprint density at radius 2 is 2.08 bits per heavy atom. The van der Waals surface area contributed by atoms with Gasteiger partial charge in [0.05, 0.1) is 0 Å². The Kier molecular flexibility index (Phi) is 6.29. The van der Waals surface area contributed by atoms with Crippen LogP contribution in [0.1, 0.15) is 58.0 Å². The summed E-state index contributed by atoms with van der Waals surface area (Å²) < 4.78 is 0. The van der Waals surface area contributed by atoms with Crippen molar-refractivity contribution < 1.29 is 9.59 Å². The van der Waals surface area contributed by atoms with E-state index in [4.69, 9.17) is 0 Å². The van der Waals surface area contributed by atoms with Crippen LogP contribution < -0.4 is 5.32 Å². The zero-order chi connectivity index (χ0) is 17.7. The van der Waals surface area contributed by atoms with Gasteiger partial charge in [0.1, 0.15) is 17.7 Å². The summed E-state index contributed by atoms with van der Waals surface area (Å²) in [6.07, 6.45) is 3.85. The summed E-state index contributed by atoms with van der Waals surface area (Å²) in [6.45, 7) is 8.63. The van der Waals surface area contributed by atoms with Crippen LogP contribution >= 0.6 is 0 Å². The monoisotopic (exact) mass is 332 g/mol. The van der Waals surface area contributed by atoms with E-state index < -0.39 is 6.04 Å². The molecule has 1 saturated heterocycles. The van der Waals surface area contributed by atoms with E-state index in [0.29, 0.717) is 36.9 Å². The van der Waals surface area contributed by atoms with Gasteiger partial charge in [-0.15, -0.1) is 0 Å². The molecule has 0 aromatic carbocycles. The Bertz CT molecular complexity index is 601. The van der Waals surface area contributed by atoms with Gasteiger partial charge < -0.3 is 10.2 Å². The molecule has 1 aliphatic rings. The first-order valence-electron chi connectivity index (χ1n) is 8.85. The number of carbonyl (C=O) groups is 2. The van der Waals surface area contributed by atoms with Gasteiger partial charge in [0.15, 0.2) is 0 Å². The topological polar surface area (TPSA) is 75.2 Å².